The Hall–Kier alpha value is -1.05. The first-order chi connectivity index (χ1) is 9.24. The van der Waals surface area contributed by atoms with Crippen molar-refractivity contribution >= 4 is 0 Å². The van der Waals surface area contributed by atoms with E-state index in [1.807, 2.05) is 4.68 Å². The van der Waals surface area contributed by atoms with Gasteiger partial charge in [-0.3, -0.25) is 0 Å². The zero-order valence-corrected chi connectivity index (χ0v) is 12.1. The predicted octanol–water partition coefficient (Wildman–Crippen LogP) is 0.614. The molecule has 7 nitrogen and oxygen atoms in total. The monoisotopic (exact) mass is 271 g/mol. The summed E-state index contributed by atoms with van der Waals surface area (Å²) in [5.41, 5.74) is 0. The summed E-state index contributed by atoms with van der Waals surface area (Å²) in [5, 5.41) is 15.0. The summed E-state index contributed by atoms with van der Waals surface area (Å²) < 4.78 is 12.2. The number of aryl methyl sites for hydroxylation is 1. The van der Waals surface area contributed by atoms with E-state index in [0.29, 0.717) is 25.8 Å². The molecule has 1 rings (SSSR count). The smallest absolute Gasteiger partial charge is 0.165 e. The van der Waals surface area contributed by atoms with Gasteiger partial charge in [-0.25, -0.2) is 4.68 Å². The first-order valence-electron chi connectivity index (χ1n) is 6.79. The molecule has 0 saturated heterocycles. The molecule has 0 bridgehead atoms. The van der Waals surface area contributed by atoms with Crippen molar-refractivity contribution in [2.45, 2.75) is 45.8 Å². The summed E-state index contributed by atoms with van der Waals surface area (Å²) in [6.07, 6.45) is 2.01. The first-order valence-corrected chi connectivity index (χ1v) is 6.79. The molecule has 1 heterocycles. The van der Waals surface area contributed by atoms with Crippen LogP contribution in [0.5, 0.6) is 0 Å². The topological polar surface area (TPSA) is 74.1 Å². The number of methoxy groups -OCH3 is 1. The van der Waals surface area contributed by atoms with Crippen molar-refractivity contribution in [3.05, 3.63) is 5.82 Å². The van der Waals surface area contributed by atoms with E-state index in [2.05, 4.69) is 34.7 Å². The largest absolute Gasteiger partial charge is 0.382 e. The molecule has 0 atom stereocenters. The van der Waals surface area contributed by atoms with Gasteiger partial charge in [0.05, 0.1) is 19.8 Å². The van der Waals surface area contributed by atoms with Crippen LogP contribution in [-0.2, 0) is 22.6 Å². The van der Waals surface area contributed by atoms with Crippen molar-refractivity contribution in [1.82, 2.24) is 25.5 Å². The maximum atomic E-state index is 5.40. The molecule has 1 aromatic rings. The number of hydrogen-bond donors (Lipinski definition) is 1. The molecule has 0 aliphatic rings. The summed E-state index contributed by atoms with van der Waals surface area (Å²) in [6.45, 7) is 7.80. The number of unbranched alkanes of at least 4 members (excludes halogenated alkanes) is 1. The van der Waals surface area contributed by atoms with E-state index in [9.17, 15) is 0 Å². The molecule has 0 aliphatic heterocycles. The molecule has 1 aromatic heterocycles. The maximum absolute atomic E-state index is 5.40. The Morgan fingerprint density at radius 3 is 2.79 bits per heavy atom. The number of rotatable bonds is 11. The van der Waals surface area contributed by atoms with Gasteiger partial charge in [-0.2, -0.15) is 0 Å². The van der Waals surface area contributed by atoms with E-state index >= 15 is 0 Å². The summed E-state index contributed by atoms with van der Waals surface area (Å²) in [6, 6.07) is 0.430. The van der Waals surface area contributed by atoms with Crippen LogP contribution in [0.2, 0.25) is 0 Å². The fourth-order valence-electron chi connectivity index (χ4n) is 1.53. The highest BCUT2D eigenvalue weighted by molar-refractivity contribution is 4.80. The summed E-state index contributed by atoms with van der Waals surface area (Å²) >= 11 is 0. The van der Waals surface area contributed by atoms with Gasteiger partial charge in [-0.1, -0.05) is 13.8 Å². The predicted molar refractivity (Wildman–Crippen MR) is 71.7 cm³/mol. The molecule has 1 N–H and O–H groups in total. The Morgan fingerprint density at radius 2 is 2.05 bits per heavy atom. The van der Waals surface area contributed by atoms with E-state index < -0.39 is 0 Å². The average molecular weight is 271 g/mol. The Bertz CT molecular complexity index is 330. The van der Waals surface area contributed by atoms with Crippen molar-refractivity contribution in [3.63, 3.8) is 0 Å². The van der Waals surface area contributed by atoms with Crippen LogP contribution in [0.4, 0.5) is 0 Å². The minimum Gasteiger partial charge on any atom is -0.382 e. The Labute approximate surface area is 114 Å². The van der Waals surface area contributed by atoms with Gasteiger partial charge in [0.15, 0.2) is 5.82 Å². The lowest BCUT2D eigenvalue weighted by molar-refractivity contribution is 0.0683. The molecule has 0 saturated carbocycles. The third-order valence-corrected chi connectivity index (χ3v) is 2.61. The van der Waals surface area contributed by atoms with Gasteiger partial charge in [0.1, 0.15) is 0 Å². The van der Waals surface area contributed by atoms with Gasteiger partial charge in [-0.05, 0) is 23.3 Å². The zero-order chi connectivity index (χ0) is 13.9. The number of tetrazole rings is 1. The molecule has 19 heavy (non-hydrogen) atoms. The van der Waals surface area contributed by atoms with Crippen LogP contribution in [0, 0.1) is 0 Å². The van der Waals surface area contributed by atoms with Crippen molar-refractivity contribution in [3.8, 4) is 0 Å². The summed E-state index contributed by atoms with van der Waals surface area (Å²) in [7, 11) is 1.67. The molecular formula is C12H25N5O2. The van der Waals surface area contributed by atoms with Crippen LogP contribution in [0.3, 0.4) is 0 Å². The molecule has 0 unspecified atom stereocenters. The van der Waals surface area contributed by atoms with Gasteiger partial charge < -0.3 is 14.8 Å². The van der Waals surface area contributed by atoms with Crippen LogP contribution < -0.4 is 5.32 Å². The Morgan fingerprint density at radius 1 is 1.21 bits per heavy atom. The van der Waals surface area contributed by atoms with Crippen molar-refractivity contribution < 1.29 is 9.47 Å². The lowest BCUT2D eigenvalue weighted by atomic mass is 10.3. The third-order valence-electron chi connectivity index (χ3n) is 2.61. The molecule has 0 aromatic carbocycles. The lowest BCUT2D eigenvalue weighted by Crippen LogP contribution is -2.24. The Kier molecular flexibility index (Phi) is 8.28. The van der Waals surface area contributed by atoms with Crippen LogP contribution in [0.1, 0.15) is 32.5 Å². The number of hydrogen-bond acceptors (Lipinski definition) is 6. The third kappa shape index (κ3) is 7.19. The second kappa shape index (κ2) is 9.82. The van der Waals surface area contributed by atoms with Crippen LogP contribution >= 0.6 is 0 Å². The number of nitrogens with one attached hydrogen (secondary N) is 1. The van der Waals surface area contributed by atoms with Gasteiger partial charge >= 0.3 is 0 Å². The minimum absolute atomic E-state index is 0.430. The fourth-order valence-corrected chi connectivity index (χ4v) is 1.53. The highest BCUT2D eigenvalue weighted by Crippen LogP contribution is 1.98. The summed E-state index contributed by atoms with van der Waals surface area (Å²) in [5.74, 6) is 0.883. The van der Waals surface area contributed by atoms with E-state index in [1.165, 1.54) is 0 Å². The van der Waals surface area contributed by atoms with Gasteiger partial charge in [0.2, 0.25) is 0 Å². The Balaban J connectivity index is 2.13. The van der Waals surface area contributed by atoms with Gasteiger partial charge in [0.25, 0.3) is 0 Å². The number of ether oxygens (including phenoxy) is 2. The van der Waals surface area contributed by atoms with E-state index in [0.717, 1.165) is 31.8 Å². The molecule has 110 valence electrons. The lowest BCUT2D eigenvalue weighted by Gasteiger charge is -2.08. The van der Waals surface area contributed by atoms with Crippen LogP contribution in [-0.4, -0.2) is 53.2 Å². The summed E-state index contributed by atoms with van der Waals surface area (Å²) in [4.78, 5) is 0. The van der Waals surface area contributed by atoms with Crippen molar-refractivity contribution in [1.29, 1.82) is 0 Å². The second-order valence-corrected chi connectivity index (χ2v) is 4.67. The van der Waals surface area contributed by atoms with Crippen molar-refractivity contribution in [2.75, 3.05) is 26.9 Å². The molecule has 0 radical (unpaired) electrons. The molecule has 0 aliphatic carbocycles. The molecule has 7 heteroatoms. The van der Waals surface area contributed by atoms with E-state index in [4.69, 9.17) is 9.47 Å². The van der Waals surface area contributed by atoms with Crippen LogP contribution in [0.25, 0.3) is 0 Å². The quantitative estimate of drug-likeness (QED) is 0.595. The van der Waals surface area contributed by atoms with Crippen LogP contribution in [0.15, 0.2) is 0 Å². The minimum atomic E-state index is 0.430. The second-order valence-electron chi connectivity index (χ2n) is 4.67. The van der Waals surface area contributed by atoms with Gasteiger partial charge in [0, 0.05) is 26.3 Å². The first kappa shape index (κ1) is 16.0. The van der Waals surface area contributed by atoms with E-state index in [-0.39, 0.29) is 0 Å². The normalized spacial score (nSPS) is 11.4. The number of aromatic nitrogens is 4. The molecule has 0 spiro atoms. The SMILES string of the molecule is COCCOCCCCn1nnnc1CNC(C)C. The average Bonchev–Trinajstić information content (AvgIpc) is 2.83. The molecule has 0 fully saturated rings. The standard InChI is InChI=1S/C12H25N5O2/c1-11(2)13-10-12-14-15-16-17(12)6-4-5-7-19-9-8-18-3/h11,13H,4-10H2,1-3H3. The zero-order valence-electron chi connectivity index (χ0n) is 12.1. The van der Waals surface area contributed by atoms with Crippen molar-refractivity contribution in [2.24, 2.45) is 0 Å². The number of nitrogens with zero attached hydrogens (tertiary/aromatic N) is 4. The highest BCUT2D eigenvalue weighted by atomic mass is 16.5. The van der Waals surface area contributed by atoms with Gasteiger partial charge in [-0.15, -0.1) is 5.10 Å². The fraction of sp³-hybridized carbons (Fsp3) is 0.917. The molecular weight excluding hydrogens is 246 g/mol. The maximum Gasteiger partial charge on any atom is 0.165 e. The highest BCUT2D eigenvalue weighted by Gasteiger charge is 2.05. The molecule has 0 amide bonds. The van der Waals surface area contributed by atoms with E-state index in [1.54, 1.807) is 7.11 Å².